The largest absolute Gasteiger partial charge is 0.493 e. The maximum Gasteiger partial charge on any atom is 0.165 e. The standard InChI is InChI=1S/C23H24F3N3O2/c24-19-6-5-18(14-21(19)26)30-11-8-17-13-22(28-27-17)16-7-9-29(15-16)10-12-31-23-4-2-1-3-20(23)25/h1-6,13-14,16H,7-12,15H2,(H,27,28). The molecule has 1 unspecified atom stereocenters. The fraction of sp³-hybridized carbons (Fsp3) is 0.348. The third kappa shape index (κ3) is 5.58. The summed E-state index contributed by atoms with van der Waals surface area (Å²) in [4.78, 5) is 2.28. The molecule has 1 atom stereocenters. The number of aromatic amines is 1. The van der Waals surface area contributed by atoms with Crippen LogP contribution in [-0.2, 0) is 6.42 Å². The lowest BCUT2D eigenvalue weighted by Crippen LogP contribution is -2.26. The van der Waals surface area contributed by atoms with Crippen LogP contribution in [0.25, 0.3) is 0 Å². The molecule has 0 spiro atoms. The highest BCUT2D eigenvalue weighted by molar-refractivity contribution is 5.24. The minimum absolute atomic E-state index is 0.279. The van der Waals surface area contributed by atoms with Crippen molar-refractivity contribution in [3.63, 3.8) is 0 Å². The second kappa shape index (κ2) is 9.87. The molecule has 1 aliphatic heterocycles. The van der Waals surface area contributed by atoms with E-state index in [1.54, 1.807) is 18.2 Å². The molecule has 1 aliphatic rings. The molecule has 2 heterocycles. The van der Waals surface area contributed by atoms with Crippen LogP contribution in [0.3, 0.4) is 0 Å². The number of halogens is 3. The number of H-pyrrole nitrogens is 1. The van der Waals surface area contributed by atoms with Gasteiger partial charge in [-0.05, 0) is 43.3 Å². The van der Waals surface area contributed by atoms with Gasteiger partial charge in [0.15, 0.2) is 23.2 Å². The highest BCUT2D eigenvalue weighted by Gasteiger charge is 2.25. The molecule has 164 valence electrons. The number of benzene rings is 2. The number of nitrogens with zero attached hydrogens (tertiary/aromatic N) is 2. The van der Waals surface area contributed by atoms with E-state index in [1.807, 2.05) is 6.07 Å². The smallest absolute Gasteiger partial charge is 0.165 e. The van der Waals surface area contributed by atoms with Crippen molar-refractivity contribution in [3.05, 3.63) is 77.4 Å². The van der Waals surface area contributed by atoms with Gasteiger partial charge in [0.2, 0.25) is 0 Å². The van der Waals surface area contributed by atoms with Gasteiger partial charge >= 0.3 is 0 Å². The summed E-state index contributed by atoms with van der Waals surface area (Å²) in [6, 6.07) is 11.9. The number of para-hydroxylation sites is 1. The molecule has 1 saturated heterocycles. The number of rotatable bonds is 9. The van der Waals surface area contributed by atoms with Crippen molar-refractivity contribution in [2.45, 2.75) is 18.8 Å². The van der Waals surface area contributed by atoms with Crippen LogP contribution in [-0.4, -0.2) is 47.9 Å². The van der Waals surface area contributed by atoms with E-state index in [0.717, 1.165) is 49.6 Å². The highest BCUT2D eigenvalue weighted by Crippen LogP contribution is 2.26. The maximum atomic E-state index is 13.6. The van der Waals surface area contributed by atoms with Crippen molar-refractivity contribution in [2.24, 2.45) is 0 Å². The third-order valence-electron chi connectivity index (χ3n) is 5.37. The van der Waals surface area contributed by atoms with E-state index in [-0.39, 0.29) is 11.6 Å². The number of hydrogen-bond donors (Lipinski definition) is 1. The molecule has 1 N–H and O–H groups in total. The highest BCUT2D eigenvalue weighted by atomic mass is 19.2. The van der Waals surface area contributed by atoms with Gasteiger partial charge in [0.05, 0.1) is 12.3 Å². The monoisotopic (exact) mass is 431 g/mol. The summed E-state index contributed by atoms with van der Waals surface area (Å²) < 4.78 is 50.8. The fourth-order valence-electron chi connectivity index (χ4n) is 3.69. The molecule has 0 amide bonds. The van der Waals surface area contributed by atoms with Gasteiger partial charge in [-0.25, -0.2) is 13.2 Å². The molecule has 0 aliphatic carbocycles. The Balaban J connectivity index is 1.20. The van der Waals surface area contributed by atoms with E-state index in [9.17, 15) is 13.2 Å². The van der Waals surface area contributed by atoms with Crippen LogP contribution in [0.4, 0.5) is 13.2 Å². The summed E-state index contributed by atoms with van der Waals surface area (Å²) in [6.45, 7) is 3.30. The molecule has 2 aromatic carbocycles. The molecular formula is C23H24F3N3O2. The summed E-state index contributed by atoms with van der Waals surface area (Å²) in [5, 5.41) is 7.45. The zero-order valence-electron chi connectivity index (χ0n) is 17.0. The Kier molecular flexibility index (Phi) is 6.76. The number of hydrogen-bond acceptors (Lipinski definition) is 4. The van der Waals surface area contributed by atoms with Gasteiger partial charge < -0.3 is 9.47 Å². The van der Waals surface area contributed by atoms with Gasteiger partial charge in [-0.3, -0.25) is 10.00 Å². The molecule has 5 nitrogen and oxygen atoms in total. The second-order valence-electron chi connectivity index (χ2n) is 7.56. The molecule has 0 radical (unpaired) electrons. The maximum absolute atomic E-state index is 13.6. The van der Waals surface area contributed by atoms with Crippen molar-refractivity contribution in [2.75, 3.05) is 32.8 Å². The average Bonchev–Trinajstić information content (AvgIpc) is 3.42. The van der Waals surface area contributed by atoms with Crippen molar-refractivity contribution >= 4 is 0 Å². The average molecular weight is 431 g/mol. The van der Waals surface area contributed by atoms with Crippen LogP contribution in [0.5, 0.6) is 11.5 Å². The Labute approximate surface area is 178 Å². The van der Waals surface area contributed by atoms with E-state index >= 15 is 0 Å². The molecule has 3 aromatic rings. The van der Waals surface area contributed by atoms with E-state index in [1.165, 1.54) is 12.1 Å². The Hall–Kier alpha value is -3.00. The molecule has 0 saturated carbocycles. The van der Waals surface area contributed by atoms with Crippen LogP contribution in [0.1, 0.15) is 23.7 Å². The molecule has 1 fully saturated rings. The van der Waals surface area contributed by atoms with E-state index in [0.29, 0.717) is 31.3 Å². The van der Waals surface area contributed by atoms with Gasteiger partial charge in [-0.15, -0.1) is 0 Å². The predicted molar refractivity (Wildman–Crippen MR) is 110 cm³/mol. The minimum Gasteiger partial charge on any atom is -0.493 e. The van der Waals surface area contributed by atoms with Gasteiger partial charge in [-0.1, -0.05) is 12.1 Å². The van der Waals surface area contributed by atoms with Crippen molar-refractivity contribution in [3.8, 4) is 11.5 Å². The number of likely N-dealkylation sites (tertiary alicyclic amines) is 1. The van der Waals surface area contributed by atoms with Crippen LogP contribution >= 0.6 is 0 Å². The summed E-state index contributed by atoms with van der Waals surface area (Å²) in [7, 11) is 0. The second-order valence-corrected chi connectivity index (χ2v) is 7.56. The number of aromatic nitrogens is 2. The fourth-order valence-corrected chi connectivity index (χ4v) is 3.69. The van der Waals surface area contributed by atoms with E-state index < -0.39 is 11.6 Å². The van der Waals surface area contributed by atoms with Gasteiger partial charge in [0.25, 0.3) is 0 Å². The molecule has 4 rings (SSSR count). The molecule has 0 bridgehead atoms. The first-order chi connectivity index (χ1) is 15.1. The van der Waals surface area contributed by atoms with Crippen LogP contribution < -0.4 is 9.47 Å². The zero-order valence-corrected chi connectivity index (χ0v) is 17.0. The van der Waals surface area contributed by atoms with Crippen LogP contribution in [0.2, 0.25) is 0 Å². The van der Waals surface area contributed by atoms with Crippen molar-refractivity contribution in [1.82, 2.24) is 15.1 Å². The lowest BCUT2D eigenvalue weighted by molar-refractivity contribution is 0.229. The Bertz CT molecular complexity index is 1010. The Morgan fingerprint density at radius 2 is 1.84 bits per heavy atom. The zero-order chi connectivity index (χ0) is 21.6. The topological polar surface area (TPSA) is 50.4 Å². The summed E-state index contributed by atoms with van der Waals surface area (Å²) in [6.07, 6.45) is 1.58. The number of nitrogens with one attached hydrogen (secondary N) is 1. The molecule has 8 heteroatoms. The lowest BCUT2D eigenvalue weighted by atomic mass is 10.0. The van der Waals surface area contributed by atoms with Crippen LogP contribution in [0.15, 0.2) is 48.5 Å². The van der Waals surface area contributed by atoms with Crippen LogP contribution in [0, 0.1) is 17.5 Å². The van der Waals surface area contributed by atoms with Crippen molar-refractivity contribution < 1.29 is 22.6 Å². The first kappa shape index (κ1) is 21.2. The first-order valence-electron chi connectivity index (χ1n) is 10.3. The van der Waals surface area contributed by atoms with Gasteiger partial charge in [0.1, 0.15) is 12.4 Å². The minimum atomic E-state index is -0.925. The summed E-state index contributed by atoms with van der Waals surface area (Å²) in [5.74, 6) is -1.27. The molecular weight excluding hydrogens is 407 g/mol. The van der Waals surface area contributed by atoms with E-state index in [4.69, 9.17) is 9.47 Å². The quantitative estimate of drug-likeness (QED) is 0.548. The lowest BCUT2D eigenvalue weighted by Gasteiger charge is -2.16. The predicted octanol–water partition coefficient (Wildman–Crippen LogP) is 4.32. The molecule has 31 heavy (non-hydrogen) atoms. The molecule has 1 aromatic heterocycles. The van der Waals surface area contributed by atoms with E-state index in [2.05, 4.69) is 15.1 Å². The first-order valence-corrected chi connectivity index (χ1v) is 10.3. The normalized spacial score (nSPS) is 16.5. The SMILES string of the molecule is Fc1ccc(OCCc2cc(C3CCN(CCOc4ccccc4F)C3)n[nH]2)cc1F. The summed E-state index contributed by atoms with van der Waals surface area (Å²) >= 11 is 0. The van der Waals surface area contributed by atoms with Crippen molar-refractivity contribution in [1.29, 1.82) is 0 Å². The Morgan fingerprint density at radius 1 is 0.968 bits per heavy atom. The van der Waals surface area contributed by atoms with Gasteiger partial charge in [-0.2, -0.15) is 5.10 Å². The van der Waals surface area contributed by atoms with Gasteiger partial charge in [0, 0.05) is 37.2 Å². The Morgan fingerprint density at radius 3 is 2.68 bits per heavy atom. The number of ether oxygens (including phenoxy) is 2. The third-order valence-corrected chi connectivity index (χ3v) is 5.37. The summed E-state index contributed by atoms with van der Waals surface area (Å²) in [5.41, 5.74) is 1.93.